The second-order valence-electron chi connectivity index (χ2n) is 6.79. The molecule has 3 aromatic rings. The van der Waals surface area contributed by atoms with E-state index in [1.807, 2.05) is 36.4 Å². The number of nitrogens with zero attached hydrogens (tertiary/aromatic N) is 3. The number of anilines is 1. The fraction of sp³-hybridized carbons (Fsp3) is 0.182. The molecule has 0 saturated heterocycles. The van der Waals surface area contributed by atoms with Crippen molar-refractivity contribution in [2.45, 2.75) is 18.9 Å². The van der Waals surface area contributed by atoms with Crippen LogP contribution in [0.2, 0.25) is 0 Å². The minimum atomic E-state index is -0.177. The number of carbonyl (C=O) groups is 1. The van der Waals surface area contributed by atoms with Crippen LogP contribution in [0.1, 0.15) is 22.3 Å². The highest BCUT2D eigenvalue weighted by Crippen LogP contribution is 2.18. The molecule has 0 saturated carbocycles. The zero-order chi connectivity index (χ0) is 20.1. The number of hydrogen-bond donors (Lipinski definition) is 2. The summed E-state index contributed by atoms with van der Waals surface area (Å²) in [5.41, 5.74) is 9.64. The van der Waals surface area contributed by atoms with E-state index in [2.05, 4.69) is 20.3 Å². The molecule has 0 unspecified atom stereocenters. The molecule has 3 N–H and O–H groups in total. The number of rotatable bonds is 6. The number of ether oxygens (including phenoxy) is 1. The molecule has 3 heterocycles. The molecule has 0 aliphatic carbocycles. The molecule has 1 aliphatic rings. The van der Waals surface area contributed by atoms with Gasteiger partial charge in [-0.15, -0.1) is 0 Å². The summed E-state index contributed by atoms with van der Waals surface area (Å²) in [5, 5.41) is 2.93. The van der Waals surface area contributed by atoms with Gasteiger partial charge in [0.05, 0.1) is 11.7 Å². The second-order valence-corrected chi connectivity index (χ2v) is 6.79. The predicted octanol–water partition coefficient (Wildman–Crippen LogP) is 3.04. The third-order valence-electron chi connectivity index (χ3n) is 4.71. The average Bonchev–Trinajstić information content (AvgIpc) is 3.19. The highest BCUT2D eigenvalue weighted by Gasteiger charge is 2.16. The Kier molecular flexibility index (Phi) is 5.47. The average molecular weight is 387 g/mol. The molecule has 0 fully saturated rings. The zero-order valence-electron chi connectivity index (χ0n) is 15.8. The molecular formula is C22H21N5O2. The van der Waals surface area contributed by atoms with Crippen LogP contribution >= 0.6 is 0 Å². The van der Waals surface area contributed by atoms with Crippen molar-refractivity contribution in [1.29, 1.82) is 0 Å². The van der Waals surface area contributed by atoms with Gasteiger partial charge in [0.1, 0.15) is 6.61 Å². The van der Waals surface area contributed by atoms with Gasteiger partial charge in [0.15, 0.2) is 0 Å². The summed E-state index contributed by atoms with van der Waals surface area (Å²) in [6.07, 6.45) is 6.79. The summed E-state index contributed by atoms with van der Waals surface area (Å²) in [6.45, 7) is 0.549. The lowest BCUT2D eigenvalue weighted by molar-refractivity contribution is 0.102. The molecule has 0 bridgehead atoms. The van der Waals surface area contributed by atoms with Crippen LogP contribution in [0.5, 0.6) is 0 Å². The van der Waals surface area contributed by atoms with Crippen LogP contribution in [0.3, 0.4) is 0 Å². The largest absolute Gasteiger partial charge is 0.463 e. The van der Waals surface area contributed by atoms with Crippen LogP contribution in [0.25, 0.3) is 11.3 Å². The summed E-state index contributed by atoms with van der Waals surface area (Å²) in [4.78, 5) is 25.2. The summed E-state index contributed by atoms with van der Waals surface area (Å²) in [5.74, 6) is -0.177. The molecule has 4 rings (SSSR count). The number of benzene rings is 1. The Morgan fingerprint density at radius 2 is 1.90 bits per heavy atom. The van der Waals surface area contributed by atoms with Gasteiger partial charge in [-0.25, -0.2) is 4.99 Å². The molecule has 29 heavy (non-hydrogen) atoms. The topological polar surface area (TPSA) is 102 Å². The number of pyridine rings is 2. The third-order valence-corrected chi connectivity index (χ3v) is 4.71. The quantitative estimate of drug-likeness (QED) is 0.677. The molecule has 146 valence electrons. The van der Waals surface area contributed by atoms with Gasteiger partial charge >= 0.3 is 0 Å². The monoisotopic (exact) mass is 387 g/mol. The summed E-state index contributed by atoms with van der Waals surface area (Å²) < 4.78 is 5.17. The highest BCUT2D eigenvalue weighted by molar-refractivity contribution is 6.04. The van der Waals surface area contributed by atoms with E-state index in [-0.39, 0.29) is 18.0 Å². The molecule has 2 aromatic heterocycles. The van der Waals surface area contributed by atoms with Crippen LogP contribution in [-0.4, -0.2) is 34.5 Å². The Morgan fingerprint density at radius 1 is 1.10 bits per heavy atom. The van der Waals surface area contributed by atoms with E-state index >= 15 is 0 Å². The Hall–Kier alpha value is -3.74. The standard InChI is InChI=1S/C22H21N5O2/c23-22-27-19(14-29-22)6-3-15-1-4-18(5-2-15)26-21(28)17-9-12-25-20(13-17)16-7-10-24-11-8-16/h1-2,4-5,7-13,19H,3,6,14H2,(H2,23,27)(H,26,28)/t19-/m0/s1. The first-order valence-corrected chi connectivity index (χ1v) is 9.40. The molecule has 1 atom stereocenters. The molecule has 1 aromatic carbocycles. The Morgan fingerprint density at radius 3 is 2.62 bits per heavy atom. The van der Waals surface area contributed by atoms with Crippen molar-refractivity contribution in [2.24, 2.45) is 10.7 Å². The number of hydrogen-bond acceptors (Lipinski definition) is 6. The fourth-order valence-electron chi connectivity index (χ4n) is 3.13. The van der Waals surface area contributed by atoms with Gasteiger partial charge in [0.25, 0.3) is 11.9 Å². The van der Waals surface area contributed by atoms with Gasteiger partial charge in [-0.05, 0) is 54.8 Å². The first kappa shape index (κ1) is 18.6. The molecule has 0 radical (unpaired) electrons. The van der Waals surface area contributed by atoms with Crippen molar-refractivity contribution in [3.8, 4) is 11.3 Å². The zero-order valence-corrected chi connectivity index (χ0v) is 15.8. The van der Waals surface area contributed by atoms with Gasteiger partial charge in [-0.3, -0.25) is 14.8 Å². The SMILES string of the molecule is NC1=N[C@@H](CCc2ccc(NC(=O)c3ccnc(-c4ccncc4)c3)cc2)CO1. The maximum Gasteiger partial charge on any atom is 0.282 e. The van der Waals surface area contributed by atoms with Crippen molar-refractivity contribution >= 4 is 17.6 Å². The molecular weight excluding hydrogens is 366 g/mol. The van der Waals surface area contributed by atoms with Crippen molar-refractivity contribution < 1.29 is 9.53 Å². The molecule has 1 aliphatic heterocycles. The minimum absolute atomic E-state index is 0.121. The van der Waals surface area contributed by atoms with Gasteiger partial charge < -0.3 is 15.8 Å². The van der Waals surface area contributed by atoms with E-state index < -0.39 is 0 Å². The summed E-state index contributed by atoms with van der Waals surface area (Å²) in [7, 11) is 0. The summed E-state index contributed by atoms with van der Waals surface area (Å²) >= 11 is 0. The lowest BCUT2D eigenvalue weighted by atomic mass is 10.1. The Bertz CT molecular complexity index is 1020. The highest BCUT2D eigenvalue weighted by atomic mass is 16.5. The lowest BCUT2D eigenvalue weighted by Crippen LogP contribution is -2.12. The minimum Gasteiger partial charge on any atom is -0.463 e. The first-order chi connectivity index (χ1) is 14.2. The van der Waals surface area contributed by atoms with Gasteiger partial charge in [-0.2, -0.15) is 0 Å². The van der Waals surface area contributed by atoms with Crippen LogP contribution < -0.4 is 11.1 Å². The van der Waals surface area contributed by atoms with E-state index in [9.17, 15) is 4.79 Å². The van der Waals surface area contributed by atoms with Gasteiger partial charge in [-0.1, -0.05) is 12.1 Å². The van der Waals surface area contributed by atoms with E-state index in [1.54, 1.807) is 30.7 Å². The van der Waals surface area contributed by atoms with Crippen molar-refractivity contribution in [2.75, 3.05) is 11.9 Å². The predicted molar refractivity (Wildman–Crippen MR) is 112 cm³/mol. The maximum atomic E-state index is 12.6. The van der Waals surface area contributed by atoms with E-state index in [0.717, 1.165) is 29.8 Å². The molecule has 7 nitrogen and oxygen atoms in total. The normalized spacial score (nSPS) is 15.4. The van der Waals surface area contributed by atoms with Gasteiger partial charge in [0.2, 0.25) is 0 Å². The molecule has 7 heteroatoms. The van der Waals surface area contributed by atoms with Crippen molar-refractivity contribution in [3.05, 3.63) is 78.2 Å². The van der Waals surface area contributed by atoms with Gasteiger partial charge in [0, 0.05) is 35.4 Å². The van der Waals surface area contributed by atoms with Crippen LogP contribution in [0, 0.1) is 0 Å². The lowest BCUT2D eigenvalue weighted by Gasteiger charge is -2.09. The Balaban J connectivity index is 1.37. The fourth-order valence-corrected chi connectivity index (χ4v) is 3.13. The molecule has 1 amide bonds. The first-order valence-electron chi connectivity index (χ1n) is 9.40. The smallest absolute Gasteiger partial charge is 0.282 e. The van der Waals surface area contributed by atoms with Crippen LogP contribution in [0.4, 0.5) is 5.69 Å². The van der Waals surface area contributed by atoms with E-state index in [0.29, 0.717) is 12.2 Å². The number of carbonyl (C=O) groups excluding carboxylic acids is 1. The van der Waals surface area contributed by atoms with Crippen LogP contribution in [-0.2, 0) is 11.2 Å². The number of aryl methyl sites for hydroxylation is 1. The molecule has 0 spiro atoms. The number of nitrogens with one attached hydrogen (secondary N) is 1. The number of aromatic nitrogens is 2. The number of nitrogens with two attached hydrogens (primary N) is 1. The Labute approximate surface area is 168 Å². The number of amidine groups is 1. The van der Waals surface area contributed by atoms with E-state index in [1.165, 1.54) is 5.56 Å². The van der Waals surface area contributed by atoms with Crippen LogP contribution in [0.15, 0.2) is 72.1 Å². The van der Waals surface area contributed by atoms with Crippen molar-refractivity contribution in [3.63, 3.8) is 0 Å². The van der Waals surface area contributed by atoms with Crippen molar-refractivity contribution in [1.82, 2.24) is 9.97 Å². The third kappa shape index (κ3) is 4.76. The number of aliphatic imine (C=N–C) groups is 1. The maximum absolute atomic E-state index is 12.6. The summed E-state index contributed by atoms with van der Waals surface area (Å²) in [6, 6.07) is 15.4. The number of amides is 1. The van der Waals surface area contributed by atoms with E-state index in [4.69, 9.17) is 10.5 Å². The second kappa shape index (κ2) is 8.52.